The van der Waals surface area contributed by atoms with Gasteiger partial charge in [-0.1, -0.05) is 41.5 Å². The minimum atomic E-state index is 0.301. The van der Waals surface area contributed by atoms with Crippen LogP contribution in [0.1, 0.15) is 48.0 Å². The molecule has 0 fully saturated rings. The molecule has 0 unspecified atom stereocenters. The zero-order valence-corrected chi connectivity index (χ0v) is 10.4. The van der Waals surface area contributed by atoms with Crippen molar-refractivity contribution in [1.82, 2.24) is 0 Å². The third-order valence-corrected chi connectivity index (χ3v) is 2.96. The van der Waals surface area contributed by atoms with E-state index in [-0.39, 0.29) is 0 Å². The maximum atomic E-state index is 4.58. The lowest BCUT2D eigenvalue weighted by molar-refractivity contribution is 0.401. The second kappa shape index (κ2) is 3.88. The summed E-state index contributed by atoms with van der Waals surface area (Å²) in [6.45, 7) is 13.7. The van der Waals surface area contributed by atoms with E-state index in [4.69, 9.17) is 0 Å². The van der Waals surface area contributed by atoms with Gasteiger partial charge in [0.2, 0.25) is 0 Å². The number of aliphatic imine (C=N–C) groups is 1. The molecular formula is C13H23N. The number of rotatable bonds is 2. The molecule has 0 N–H and O–H groups in total. The van der Waals surface area contributed by atoms with Gasteiger partial charge in [0.1, 0.15) is 0 Å². The summed E-state index contributed by atoms with van der Waals surface area (Å²) in [5, 5.41) is 0. The van der Waals surface area contributed by atoms with Gasteiger partial charge in [0.15, 0.2) is 0 Å². The highest BCUT2D eigenvalue weighted by molar-refractivity contribution is 5.64. The minimum absolute atomic E-state index is 0.301. The standard InChI is InChI=1S/C13H23N/c1-9(2)11-12(10(3)4)14-8-7-13(11,5)6/h8-10H,7H2,1-6H3. The summed E-state index contributed by atoms with van der Waals surface area (Å²) >= 11 is 0. The monoisotopic (exact) mass is 193 g/mol. The molecule has 0 bridgehead atoms. The molecule has 0 amide bonds. The molecule has 0 spiro atoms. The molecule has 0 aromatic carbocycles. The van der Waals surface area contributed by atoms with Crippen molar-refractivity contribution in [3.63, 3.8) is 0 Å². The van der Waals surface area contributed by atoms with E-state index >= 15 is 0 Å². The van der Waals surface area contributed by atoms with Crippen LogP contribution in [-0.4, -0.2) is 6.21 Å². The quantitative estimate of drug-likeness (QED) is 0.627. The van der Waals surface area contributed by atoms with Crippen LogP contribution in [-0.2, 0) is 0 Å². The summed E-state index contributed by atoms with van der Waals surface area (Å²) in [4.78, 5) is 4.58. The molecule has 0 aromatic heterocycles. The predicted octanol–water partition coefficient (Wildman–Crippen LogP) is 4.05. The van der Waals surface area contributed by atoms with Gasteiger partial charge in [0, 0.05) is 11.9 Å². The van der Waals surface area contributed by atoms with Crippen molar-refractivity contribution >= 4 is 6.21 Å². The zero-order chi connectivity index (χ0) is 10.9. The van der Waals surface area contributed by atoms with Crippen molar-refractivity contribution < 1.29 is 0 Å². The van der Waals surface area contributed by atoms with Crippen molar-refractivity contribution in [2.45, 2.75) is 48.0 Å². The van der Waals surface area contributed by atoms with Gasteiger partial charge in [-0.15, -0.1) is 0 Å². The van der Waals surface area contributed by atoms with Gasteiger partial charge in [-0.3, -0.25) is 4.99 Å². The Bertz CT molecular complexity index is 267. The summed E-state index contributed by atoms with van der Waals surface area (Å²) in [5.74, 6) is 1.16. The Labute approximate surface area is 88.3 Å². The van der Waals surface area contributed by atoms with Gasteiger partial charge in [-0.25, -0.2) is 0 Å². The van der Waals surface area contributed by atoms with Crippen LogP contribution in [0.3, 0.4) is 0 Å². The van der Waals surface area contributed by atoms with Gasteiger partial charge in [0.05, 0.1) is 0 Å². The van der Waals surface area contributed by atoms with Crippen molar-refractivity contribution in [2.24, 2.45) is 22.2 Å². The Morgan fingerprint density at radius 2 is 1.71 bits per heavy atom. The van der Waals surface area contributed by atoms with E-state index in [0.29, 0.717) is 17.3 Å². The number of allylic oxidation sites excluding steroid dienone is 2. The maximum Gasteiger partial charge on any atom is 0.0425 e. The molecule has 0 atom stereocenters. The normalized spacial score (nSPS) is 21.1. The lowest BCUT2D eigenvalue weighted by Crippen LogP contribution is -2.25. The van der Waals surface area contributed by atoms with E-state index in [9.17, 15) is 0 Å². The molecule has 0 saturated carbocycles. The highest BCUT2D eigenvalue weighted by atomic mass is 14.8. The number of hydrogen-bond donors (Lipinski definition) is 0. The first-order valence-electron chi connectivity index (χ1n) is 5.63. The molecule has 0 aromatic rings. The summed E-state index contributed by atoms with van der Waals surface area (Å²) < 4.78 is 0. The Hall–Kier alpha value is -0.590. The second-order valence-corrected chi connectivity index (χ2v) is 5.51. The van der Waals surface area contributed by atoms with Crippen molar-refractivity contribution in [1.29, 1.82) is 0 Å². The van der Waals surface area contributed by atoms with Gasteiger partial charge in [-0.05, 0) is 29.2 Å². The summed E-state index contributed by atoms with van der Waals surface area (Å²) in [7, 11) is 0. The largest absolute Gasteiger partial charge is 0.265 e. The highest BCUT2D eigenvalue weighted by Gasteiger charge is 2.30. The van der Waals surface area contributed by atoms with E-state index in [1.165, 1.54) is 5.70 Å². The van der Waals surface area contributed by atoms with Crippen LogP contribution < -0.4 is 0 Å². The van der Waals surface area contributed by atoms with Crippen LogP contribution >= 0.6 is 0 Å². The van der Waals surface area contributed by atoms with Gasteiger partial charge >= 0.3 is 0 Å². The van der Waals surface area contributed by atoms with Crippen LogP contribution in [0.4, 0.5) is 0 Å². The fraction of sp³-hybridized carbons (Fsp3) is 0.769. The lowest BCUT2D eigenvalue weighted by atomic mass is 9.72. The topological polar surface area (TPSA) is 12.4 Å². The van der Waals surface area contributed by atoms with E-state index in [1.54, 1.807) is 5.57 Å². The SMILES string of the molecule is CC(C)C1=C(C(C)C)C(C)(C)CC=N1. The van der Waals surface area contributed by atoms with Crippen LogP contribution in [0.25, 0.3) is 0 Å². The summed E-state index contributed by atoms with van der Waals surface area (Å²) in [5.41, 5.74) is 3.17. The first-order valence-corrected chi connectivity index (χ1v) is 5.63. The Kier molecular flexibility index (Phi) is 3.18. The molecule has 0 aliphatic carbocycles. The Morgan fingerprint density at radius 1 is 1.14 bits per heavy atom. The van der Waals surface area contributed by atoms with Gasteiger partial charge in [-0.2, -0.15) is 0 Å². The predicted molar refractivity (Wildman–Crippen MR) is 63.6 cm³/mol. The van der Waals surface area contributed by atoms with Crippen molar-refractivity contribution in [3.05, 3.63) is 11.3 Å². The molecule has 0 saturated heterocycles. The number of hydrogen-bond acceptors (Lipinski definition) is 1. The van der Waals surface area contributed by atoms with Crippen LogP contribution in [0, 0.1) is 17.3 Å². The lowest BCUT2D eigenvalue weighted by Gasteiger charge is -2.35. The molecule has 1 heteroatoms. The molecular weight excluding hydrogens is 170 g/mol. The molecule has 1 nitrogen and oxygen atoms in total. The molecule has 0 radical (unpaired) electrons. The van der Waals surface area contributed by atoms with Crippen LogP contribution in [0.5, 0.6) is 0 Å². The van der Waals surface area contributed by atoms with Gasteiger partial charge < -0.3 is 0 Å². The molecule has 1 aliphatic heterocycles. The second-order valence-electron chi connectivity index (χ2n) is 5.51. The molecule has 14 heavy (non-hydrogen) atoms. The Morgan fingerprint density at radius 3 is 2.07 bits per heavy atom. The minimum Gasteiger partial charge on any atom is -0.265 e. The first-order chi connectivity index (χ1) is 6.36. The van der Waals surface area contributed by atoms with E-state index in [0.717, 1.165) is 6.42 Å². The average Bonchev–Trinajstić information content (AvgIpc) is 2.00. The third-order valence-electron chi connectivity index (χ3n) is 2.96. The molecule has 1 heterocycles. The third kappa shape index (κ3) is 2.08. The molecule has 1 rings (SSSR count). The van der Waals surface area contributed by atoms with E-state index in [1.807, 2.05) is 0 Å². The maximum absolute atomic E-state index is 4.58. The average molecular weight is 193 g/mol. The van der Waals surface area contributed by atoms with E-state index in [2.05, 4.69) is 52.7 Å². The zero-order valence-electron chi connectivity index (χ0n) is 10.4. The van der Waals surface area contributed by atoms with Crippen molar-refractivity contribution in [2.75, 3.05) is 0 Å². The smallest absolute Gasteiger partial charge is 0.0425 e. The van der Waals surface area contributed by atoms with E-state index < -0.39 is 0 Å². The fourth-order valence-corrected chi connectivity index (χ4v) is 2.44. The first kappa shape index (κ1) is 11.5. The number of nitrogens with zero attached hydrogens (tertiary/aromatic N) is 1. The molecule has 80 valence electrons. The molecule has 1 aliphatic rings. The fourth-order valence-electron chi connectivity index (χ4n) is 2.44. The summed E-state index contributed by atoms with van der Waals surface area (Å²) in [6, 6.07) is 0. The van der Waals surface area contributed by atoms with Gasteiger partial charge in [0.25, 0.3) is 0 Å². The van der Waals surface area contributed by atoms with Crippen LogP contribution in [0.2, 0.25) is 0 Å². The van der Waals surface area contributed by atoms with Crippen molar-refractivity contribution in [3.8, 4) is 0 Å². The Balaban J connectivity index is 3.20. The highest BCUT2D eigenvalue weighted by Crippen LogP contribution is 2.41. The van der Waals surface area contributed by atoms with Crippen LogP contribution in [0.15, 0.2) is 16.3 Å². The summed E-state index contributed by atoms with van der Waals surface area (Å²) in [6.07, 6.45) is 3.16.